The minimum Gasteiger partial charge on any atom is -0.387 e. The number of hydrogen-bond acceptors (Lipinski definition) is 3. The summed E-state index contributed by atoms with van der Waals surface area (Å²) in [5.41, 5.74) is 0. The van der Waals surface area contributed by atoms with E-state index in [1.165, 1.54) is 0 Å². The third-order valence-electron chi connectivity index (χ3n) is 0.468. The summed E-state index contributed by atoms with van der Waals surface area (Å²) in [6, 6.07) is 0. The summed E-state index contributed by atoms with van der Waals surface area (Å²) in [6.45, 7) is 0.712. The topological polar surface area (TPSA) is 43.4 Å². The minimum atomic E-state index is -5.09. The molecule has 0 rings (SSSR count). The van der Waals surface area contributed by atoms with E-state index in [0.29, 0.717) is 6.92 Å². The molecule has 0 aromatic heterocycles. The van der Waals surface area contributed by atoms with Gasteiger partial charge in [0.25, 0.3) is 0 Å². The van der Waals surface area contributed by atoms with Crippen LogP contribution in [0.2, 0.25) is 0 Å². The minimum absolute atomic E-state index is 0. The van der Waals surface area contributed by atoms with Crippen molar-refractivity contribution in [3.05, 3.63) is 0 Å². The Kier molecular flexibility index (Phi) is 6.32. The molecule has 62 valence electrons. The van der Waals surface area contributed by atoms with Crippen LogP contribution in [0.5, 0.6) is 0 Å². The van der Waals surface area contributed by atoms with E-state index in [9.17, 15) is 22.8 Å². The molecule has 0 atom stereocenters. The summed E-state index contributed by atoms with van der Waals surface area (Å²) in [7, 11) is 0. The van der Waals surface area contributed by atoms with E-state index in [0.717, 1.165) is 0 Å². The van der Waals surface area contributed by atoms with Gasteiger partial charge in [0.05, 0.1) is 0 Å². The van der Waals surface area contributed by atoms with Gasteiger partial charge >= 0.3 is 18.1 Å². The SMILES string of the molecule is CC(=O)OC(=O)C(F)(F)F.[Nd]. The van der Waals surface area contributed by atoms with E-state index in [1.807, 2.05) is 0 Å². The summed E-state index contributed by atoms with van der Waals surface area (Å²) in [5, 5.41) is 0. The van der Waals surface area contributed by atoms with Gasteiger partial charge in [-0.25, -0.2) is 4.79 Å². The maximum Gasteiger partial charge on any atom is 0.491 e. The largest absolute Gasteiger partial charge is 0.491 e. The van der Waals surface area contributed by atoms with Crippen molar-refractivity contribution < 1.29 is 68.3 Å². The molecular weight excluding hydrogens is 297 g/mol. The van der Waals surface area contributed by atoms with Gasteiger partial charge in [-0.15, -0.1) is 0 Å². The zero-order chi connectivity index (χ0) is 8.36. The number of ether oxygens (including phenoxy) is 1. The average Bonchev–Trinajstić information content (AvgIpc) is 1.60. The molecular formula is C4H3F3NdO3. The third kappa shape index (κ3) is 6.67. The van der Waals surface area contributed by atoms with E-state index < -0.39 is 18.1 Å². The maximum absolute atomic E-state index is 11.2. The molecule has 0 aromatic rings. The number of carbonyl (C=O) groups excluding carboxylic acids is 2. The predicted octanol–water partition coefficient (Wildman–Crippen LogP) is 0.638. The van der Waals surface area contributed by atoms with Crippen molar-refractivity contribution in [3.8, 4) is 0 Å². The fourth-order valence-corrected chi connectivity index (χ4v) is 0.188. The smallest absolute Gasteiger partial charge is 0.387 e. The summed E-state index contributed by atoms with van der Waals surface area (Å²) in [5.74, 6) is -3.76. The molecule has 0 saturated carbocycles. The van der Waals surface area contributed by atoms with Crippen LogP contribution < -0.4 is 0 Å². The monoisotopic (exact) mass is 298 g/mol. The van der Waals surface area contributed by atoms with Gasteiger partial charge in [-0.1, -0.05) is 0 Å². The van der Waals surface area contributed by atoms with Gasteiger partial charge < -0.3 is 4.74 Å². The molecule has 7 heteroatoms. The number of halogens is 3. The Balaban J connectivity index is 0. The van der Waals surface area contributed by atoms with Crippen LogP contribution in [-0.4, -0.2) is 18.1 Å². The second-order valence-electron chi connectivity index (χ2n) is 1.38. The first kappa shape index (κ1) is 13.8. The van der Waals surface area contributed by atoms with E-state index in [4.69, 9.17) is 0 Å². The van der Waals surface area contributed by atoms with Gasteiger partial charge in [0.2, 0.25) is 0 Å². The molecule has 0 aromatic carbocycles. The predicted molar refractivity (Wildman–Crippen MR) is 22.8 cm³/mol. The average molecular weight is 300 g/mol. The number of alkyl halides is 3. The second-order valence-corrected chi connectivity index (χ2v) is 1.38. The van der Waals surface area contributed by atoms with Crippen molar-refractivity contribution in [1.82, 2.24) is 0 Å². The standard InChI is InChI=1S/C4H3F3O3.Nd/c1-2(8)10-3(9)4(5,6)7;/h1H3;. The molecule has 0 saturated heterocycles. The molecule has 0 aliphatic heterocycles. The molecule has 11 heavy (non-hydrogen) atoms. The Hall–Kier alpha value is 0.281. The van der Waals surface area contributed by atoms with E-state index in [2.05, 4.69) is 4.74 Å². The normalized spacial score (nSPS) is 9.82. The molecule has 0 spiro atoms. The van der Waals surface area contributed by atoms with Crippen LogP contribution in [0.15, 0.2) is 0 Å². The number of rotatable bonds is 0. The molecule has 0 aliphatic rings. The van der Waals surface area contributed by atoms with Gasteiger partial charge in [0, 0.05) is 47.8 Å². The van der Waals surface area contributed by atoms with E-state index in [-0.39, 0.29) is 40.8 Å². The number of hydrogen-bond donors (Lipinski definition) is 0. The molecule has 0 unspecified atom stereocenters. The Morgan fingerprint density at radius 1 is 1.27 bits per heavy atom. The van der Waals surface area contributed by atoms with Gasteiger partial charge in [-0.3, -0.25) is 4.79 Å². The molecule has 0 heterocycles. The quantitative estimate of drug-likeness (QED) is 0.487. The van der Waals surface area contributed by atoms with Gasteiger partial charge in [0.1, 0.15) is 0 Å². The Morgan fingerprint density at radius 3 is 1.73 bits per heavy atom. The first-order valence-corrected chi connectivity index (χ1v) is 2.13. The molecule has 0 aliphatic carbocycles. The van der Waals surface area contributed by atoms with Crippen LogP contribution in [0.3, 0.4) is 0 Å². The van der Waals surface area contributed by atoms with Crippen molar-refractivity contribution in [1.29, 1.82) is 0 Å². The van der Waals surface area contributed by atoms with Gasteiger partial charge in [-0.2, -0.15) is 13.2 Å². The summed E-state index contributed by atoms with van der Waals surface area (Å²) in [6.07, 6.45) is -5.09. The van der Waals surface area contributed by atoms with Crippen LogP contribution in [0, 0.1) is 40.8 Å². The van der Waals surface area contributed by atoms with Crippen LogP contribution in [-0.2, 0) is 14.3 Å². The first-order valence-electron chi connectivity index (χ1n) is 2.13. The summed E-state index contributed by atoms with van der Waals surface area (Å²) in [4.78, 5) is 19.5. The number of carbonyl (C=O) groups is 2. The fourth-order valence-electron chi connectivity index (χ4n) is 0.188. The van der Waals surface area contributed by atoms with Crippen molar-refractivity contribution in [2.24, 2.45) is 0 Å². The van der Waals surface area contributed by atoms with Crippen molar-refractivity contribution >= 4 is 11.9 Å². The third-order valence-corrected chi connectivity index (χ3v) is 0.468. The first-order chi connectivity index (χ1) is 4.34. The Bertz CT molecular complexity index is 164. The van der Waals surface area contributed by atoms with Crippen LogP contribution in [0.4, 0.5) is 13.2 Å². The molecule has 0 amide bonds. The van der Waals surface area contributed by atoms with Gasteiger partial charge in [-0.05, 0) is 0 Å². The number of esters is 2. The summed E-state index contributed by atoms with van der Waals surface area (Å²) >= 11 is 0. The van der Waals surface area contributed by atoms with E-state index in [1.54, 1.807) is 0 Å². The molecule has 0 fully saturated rings. The molecule has 3 nitrogen and oxygen atoms in total. The second kappa shape index (κ2) is 5.02. The summed E-state index contributed by atoms with van der Waals surface area (Å²) < 4.78 is 36.8. The molecule has 0 N–H and O–H groups in total. The fraction of sp³-hybridized carbons (Fsp3) is 0.500. The maximum atomic E-state index is 11.2. The zero-order valence-corrected chi connectivity index (χ0v) is 8.57. The van der Waals surface area contributed by atoms with Crippen LogP contribution >= 0.6 is 0 Å². The molecule has 0 bridgehead atoms. The van der Waals surface area contributed by atoms with Crippen LogP contribution in [0.1, 0.15) is 6.92 Å². The van der Waals surface area contributed by atoms with Crippen molar-refractivity contribution in [2.75, 3.05) is 0 Å². The molecule has 0 radical (unpaired) electrons. The zero-order valence-electron chi connectivity index (χ0n) is 5.36. The van der Waals surface area contributed by atoms with Crippen LogP contribution in [0.25, 0.3) is 0 Å². The van der Waals surface area contributed by atoms with Gasteiger partial charge in [0.15, 0.2) is 0 Å². The van der Waals surface area contributed by atoms with Crippen molar-refractivity contribution in [2.45, 2.75) is 13.1 Å². The van der Waals surface area contributed by atoms with Crippen molar-refractivity contribution in [3.63, 3.8) is 0 Å². The van der Waals surface area contributed by atoms with E-state index >= 15 is 0 Å². The Morgan fingerprint density at radius 2 is 1.64 bits per heavy atom. The Labute approximate surface area is 92.8 Å².